The van der Waals surface area contributed by atoms with E-state index in [9.17, 15) is 4.79 Å². The second-order valence-corrected chi connectivity index (χ2v) is 24.7. The fourth-order valence-corrected chi connectivity index (χ4v) is 29.7. The van der Waals surface area contributed by atoms with Crippen LogP contribution in [0.25, 0.3) is 0 Å². The molecule has 0 saturated carbocycles. The van der Waals surface area contributed by atoms with Gasteiger partial charge in [-0.15, -0.1) is 0 Å². The van der Waals surface area contributed by atoms with Crippen molar-refractivity contribution >= 4 is 24.2 Å². The van der Waals surface area contributed by atoms with Crippen LogP contribution in [0.15, 0.2) is 101 Å². The molecule has 0 saturated heterocycles. The maximum atomic E-state index is 13.5. The number of hydrogen-bond donors (Lipinski definition) is 0. The number of benzene rings is 3. The van der Waals surface area contributed by atoms with Gasteiger partial charge in [-0.2, -0.15) is 0 Å². The van der Waals surface area contributed by atoms with E-state index in [1.54, 1.807) is 0 Å². The van der Waals surface area contributed by atoms with Crippen LogP contribution in [0.3, 0.4) is 0 Å². The number of Topliss-reactive ketones (excluding diaryl/α,β-unsaturated/α-hetero) is 1. The summed E-state index contributed by atoms with van der Waals surface area (Å²) in [4.78, 5) is 13.5. The molecule has 0 aliphatic carbocycles. The van der Waals surface area contributed by atoms with Crippen LogP contribution in [0.5, 0.6) is 0 Å². The SMILES string of the molecule is C/C=[C](/C(C)=O)[Sn]([CH2]C(C)(C)c1ccccc1)([CH2]C(C)(C)c1ccccc1)[CH2]C(C)(C)c1ccccc1. The van der Waals surface area contributed by atoms with E-state index in [1.165, 1.54) is 20.3 Å². The summed E-state index contributed by atoms with van der Waals surface area (Å²) in [6, 6.07) is 32.8. The molecule has 0 aliphatic rings. The third kappa shape index (κ3) is 7.05. The first-order valence-electron chi connectivity index (χ1n) is 13.7. The molecule has 0 heterocycles. The van der Waals surface area contributed by atoms with E-state index in [0.29, 0.717) is 0 Å². The zero-order valence-electron chi connectivity index (χ0n) is 24.3. The van der Waals surface area contributed by atoms with Crippen molar-refractivity contribution in [1.82, 2.24) is 0 Å². The predicted molar refractivity (Wildman–Crippen MR) is 163 cm³/mol. The average molecular weight is 601 g/mol. The Labute approximate surface area is 230 Å². The number of allylic oxidation sites excluding steroid dienone is 2. The topological polar surface area (TPSA) is 17.1 Å². The molecule has 0 aromatic heterocycles. The van der Waals surface area contributed by atoms with Crippen molar-refractivity contribution in [2.75, 3.05) is 0 Å². The Hall–Kier alpha value is -2.13. The van der Waals surface area contributed by atoms with E-state index in [4.69, 9.17) is 0 Å². The fraction of sp³-hybridized carbons (Fsp3) is 0.400. The van der Waals surface area contributed by atoms with Crippen LogP contribution in [-0.2, 0) is 21.0 Å². The summed E-state index contributed by atoms with van der Waals surface area (Å²) >= 11 is -3.50. The van der Waals surface area contributed by atoms with Gasteiger partial charge in [-0.05, 0) is 0 Å². The van der Waals surface area contributed by atoms with Crippen LogP contribution < -0.4 is 0 Å². The molecule has 3 aromatic rings. The molecule has 0 bridgehead atoms. The second-order valence-electron chi connectivity index (χ2n) is 12.8. The molecular formula is C35H46OSn. The number of carbonyl (C=O) groups excluding carboxylic acids is 1. The fourth-order valence-electron chi connectivity index (χ4n) is 6.87. The van der Waals surface area contributed by atoms with Crippen LogP contribution in [0, 0.1) is 0 Å². The zero-order valence-corrected chi connectivity index (χ0v) is 27.1. The Morgan fingerprint density at radius 2 is 0.865 bits per heavy atom. The third-order valence-electron chi connectivity index (χ3n) is 8.25. The van der Waals surface area contributed by atoms with E-state index >= 15 is 0 Å². The standard InChI is InChI=1S/3C10H13.C5H7O.Sn/c3*1-10(2,3)9-7-5-4-6-8-9;1-3-4-5(2)6;/h3*4-8H,1H2,2-3H3;3H,1-2H3;. The molecule has 3 aromatic carbocycles. The van der Waals surface area contributed by atoms with E-state index in [1.807, 2.05) is 6.92 Å². The summed E-state index contributed by atoms with van der Waals surface area (Å²) in [5.74, 6) is 0.273. The number of carbonyl (C=O) groups is 1. The Bertz CT molecular complexity index is 1060. The number of hydrogen-bond acceptors (Lipinski definition) is 1. The Balaban J connectivity index is 2.24. The average Bonchev–Trinajstić information content (AvgIpc) is 2.85. The van der Waals surface area contributed by atoms with Gasteiger partial charge in [-0.1, -0.05) is 0 Å². The first-order valence-corrected chi connectivity index (χ1v) is 21.2. The molecule has 0 unspecified atom stereocenters. The van der Waals surface area contributed by atoms with Gasteiger partial charge in [-0.3, -0.25) is 0 Å². The van der Waals surface area contributed by atoms with Crippen LogP contribution in [-0.4, -0.2) is 24.2 Å². The molecule has 3 rings (SSSR count). The molecule has 0 radical (unpaired) electrons. The normalized spacial score (nSPS) is 13.5. The van der Waals surface area contributed by atoms with Crippen LogP contribution in [0.2, 0.25) is 13.3 Å². The van der Waals surface area contributed by atoms with Gasteiger partial charge in [0.1, 0.15) is 0 Å². The van der Waals surface area contributed by atoms with Gasteiger partial charge in [0, 0.05) is 0 Å². The van der Waals surface area contributed by atoms with Crippen molar-refractivity contribution in [2.24, 2.45) is 0 Å². The maximum absolute atomic E-state index is 13.5. The third-order valence-corrected chi connectivity index (χ3v) is 26.7. The Morgan fingerprint density at radius 3 is 1.08 bits per heavy atom. The minimum absolute atomic E-state index is 0.0272. The van der Waals surface area contributed by atoms with Crippen molar-refractivity contribution in [3.8, 4) is 0 Å². The summed E-state index contributed by atoms with van der Waals surface area (Å²) in [6.45, 7) is 18.3. The molecular weight excluding hydrogens is 555 g/mol. The molecule has 0 N–H and O–H groups in total. The van der Waals surface area contributed by atoms with Gasteiger partial charge in [0.25, 0.3) is 0 Å². The molecule has 2 heteroatoms. The number of rotatable bonds is 11. The van der Waals surface area contributed by atoms with Crippen molar-refractivity contribution in [3.63, 3.8) is 0 Å². The predicted octanol–water partition coefficient (Wildman–Crippen LogP) is 9.44. The minimum atomic E-state index is -3.50. The molecule has 1 nitrogen and oxygen atoms in total. The van der Waals surface area contributed by atoms with Crippen LogP contribution in [0.1, 0.15) is 72.1 Å². The first kappa shape index (κ1) is 29.4. The van der Waals surface area contributed by atoms with Gasteiger partial charge in [0.05, 0.1) is 0 Å². The van der Waals surface area contributed by atoms with Gasteiger partial charge < -0.3 is 0 Å². The summed E-state index contributed by atoms with van der Waals surface area (Å²) in [7, 11) is 0. The molecule has 0 fully saturated rings. The van der Waals surface area contributed by atoms with E-state index < -0.39 is 18.4 Å². The van der Waals surface area contributed by atoms with Crippen LogP contribution in [0.4, 0.5) is 0 Å². The first-order chi connectivity index (χ1) is 17.3. The quantitative estimate of drug-likeness (QED) is 0.158. The van der Waals surface area contributed by atoms with Crippen molar-refractivity contribution in [3.05, 3.63) is 117 Å². The van der Waals surface area contributed by atoms with Crippen LogP contribution >= 0.6 is 0 Å². The van der Waals surface area contributed by atoms with Crippen molar-refractivity contribution in [2.45, 2.75) is 84.9 Å². The summed E-state index contributed by atoms with van der Waals surface area (Å²) in [5.41, 5.74) is 4.02. The van der Waals surface area contributed by atoms with E-state index in [0.717, 1.165) is 13.3 Å². The Kier molecular flexibility index (Phi) is 9.32. The van der Waals surface area contributed by atoms with E-state index in [-0.39, 0.29) is 22.0 Å². The summed E-state index contributed by atoms with van der Waals surface area (Å²) in [6.07, 6.45) is 2.20. The van der Waals surface area contributed by atoms with Gasteiger partial charge >= 0.3 is 231 Å². The molecule has 0 aliphatic heterocycles. The molecule has 0 amide bonds. The monoisotopic (exact) mass is 602 g/mol. The van der Waals surface area contributed by atoms with E-state index in [2.05, 4.69) is 146 Å². The second kappa shape index (κ2) is 11.7. The molecule has 37 heavy (non-hydrogen) atoms. The molecule has 196 valence electrons. The molecule has 0 spiro atoms. The zero-order chi connectivity index (χ0) is 27.3. The van der Waals surface area contributed by atoms with Gasteiger partial charge in [-0.25, -0.2) is 0 Å². The van der Waals surface area contributed by atoms with Crippen molar-refractivity contribution < 1.29 is 4.79 Å². The Morgan fingerprint density at radius 1 is 0.595 bits per heavy atom. The molecule has 0 atom stereocenters. The van der Waals surface area contributed by atoms with Gasteiger partial charge in [0.15, 0.2) is 0 Å². The summed E-state index contributed by atoms with van der Waals surface area (Å²) < 4.78 is 4.46. The number of ketones is 1. The van der Waals surface area contributed by atoms with Crippen molar-refractivity contribution in [1.29, 1.82) is 0 Å². The summed E-state index contributed by atoms with van der Waals surface area (Å²) in [5, 5.41) is 0. The van der Waals surface area contributed by atoms with Gasteiger partial charge in [0.2, 0.25) is 0 Å².